The standard InChI is InChI=1S/C17H15ClN2O/c1-21-13-6-4-12(5-7-13)11-20-16-9-8-15(18)14-3-2-10-19-17(14)16/h2-10,20H,11H2,1H3. The first kappa shape index (κ1) is 13.7. The Morgan fingerprint density at radius 3 is 2.67 bits per heavy atom. The summed E-state index contributed by atoms with van der Waals surface area (Å²) in [4.78, 5) is 4.41. The van der Waals surface area contributed by atoms with Crippen molar-refractivity contribution in [2.45, 2.75) is 6.54 Å². The maximum Gasteiger partial charge on any atom is 0.118 e. The number of ether oxygens (including phenoxy) is 1. The molecule has 2 aromatic carbocycles. The summed E-state index contributed by atoms with van der Waals surface area (Å²) in [5.41, 5.74) is 3.04. The first-order chi connectivity index (χ1) is 10.3. The molecule has 3 nitrogen and oxygen atoms in total. The summed E-state index contributed by atoms with van der Waals surface area (Å²) >= 11 is 6.20. The number of anilines is 1. The monoisotopic (exact) mass is 298 g/mol. The summed E-state index contributed by atoms with van der Waals surface area (Å²) in [5.74, 6) is 0.859. The third-order valence-corrected chi connectivity index (χ3v) is 3.69. The summed E-state index contributed by atoms with van der Waals surface area (Å²) in [6, 6.07) is 15.7. The fraction of sp³-hybridized carbons (Fsp3) is 0.118. The largest absolute Gasteiger partial charge is 0.497 e. The number of aromatic nitrogens is 1. The zero-order valence-electron chi connectivity index (χ0n) is 11.6. The van der Waals surface area contributed by atoms with E-state index in [0.29, 0.717) is 5.02 Å². The Labute approximate surface area is 128 Å². The maximum absolute atomic E-state index is 6.20. The van der Waals surface area contributed by atoms with Gasteiger partial charge in [0.2, 0.25) is 0 Å². The van der Waals surface area contributed by atoms with Crippen LogP contribution < -0.4 is 10.1 Å². The molecule has 1 aromatic heterocycles. The highest BCUT2D eigenvalue weighted by Gasteiger charge is 2.05. The zero-order valence-corrected chi connectivity index (χ0v) is 12.4. The van der Waals surface area contributed by atoms with Crippen LogP contribution in [0.4, 0.5) is 5.69 Å². The lowest BCUT2D eigenvalue weighted by atomic mass is 10.1. The first-order valence-corrected chi connectivity index (χ1v) is 7.06. The number of pyridine rings is 1. The van der Waals surface area contributed by atoms with Crippen LogP contribution >= 0.6 is 11.6 Å². The van der Waals surface area contributed by atoms with Crippen molar-refractivity contribution >= 4 is 28.2 Å². The number of benzene rings is 2. The van der Waals surface area contributed by atoms with Crippen LogP contribution in [0.1, 0.15) is 5.56 Å². The van der Waals surface area contributed by atoms with Gasteiger partial charge in [0.1, 0.15) is 5.75 Å². The predicted molar refractivity (Wildman–Crippen MR) is 87.1 cm³/mol. The lowest BCUT2D eigenvalue weighted by Crippen LogP contribution is -2.00. The molecule has 1 N–H and O–H groups in total. The Balaban J connectivity index is 1.83. The second kappa shape index (κ2) is 6.02. The van der Waals surface area contributed by atoms with Crippen LogP contribution in [0.2, 0.25) is 5.02 Å². The Morgan fingerprint density at radius 1 is 1.10 bits per heavy atom. The molecule has 0 aliphatic rings. The van der Waals surface area contributed by atoms with Crippen LogP contribution in [0.5, 0.6) is 5.75 Å². The summed E-state index contributed by atoms with van der Waals surface area (Å²) in [6.07, 6.45) is 1.78. The van der Waals surface area contributed by atoms with Gasteiger partial charge in [-0.1, -0.05) is 23.7 Å². The van der Waals surface area contributed by atoms with Gasteiger partial charge in [-0.25, -0.2) is 0 Å². The number of hydrogen-bond donors (Lipinski definition) is 1. The molecular weight excluding hydrogens is 284 g/mol. The number of nitrogens with one attached hydrogen (secondary N) is 1. The van der Waals surface area contributed by atoms with E-state index < -0.39 is 0 Å². The van der Waals surface area contributed by atoms with E-state index in [-0.39, 0.29) is 0 Å². The minimum atomic E-state index is 0.716. The SMILES string of the molecule is COc1ccc(CNc2ccc(Cl)c3cccnc23)cc1. The molecule has 0 atom stereocenters. The average Bonchev–Trinajstić information content (AvgIpc) is 2.55. The van der Waals surface area contributed by atoms with Crippen LogP contribution in [0, 0.1) is 0 Å². The highest BCUT2D eigenvalue weighted by Crippen LogP contribution is 2.28. The molecule has 0 bridgehead atoms. The number of halogens is 1. The lowest BCUT2D eigenvalue weighted by Gasteiger charge is -2.10. The molecule has 0 unspecified atom stereocenters. The maximum atomic E-state index is 6.20. The van der Waals surface area contributed by atoms with Crippen molar-refractivity contribution < 1.29 is 4.74 Å². The zero-order chi connectivity index (χ0) is 14.7. The minimum Gasteiger partial charge on any atom is -0.497 e. The Kier molecular flexibility index (Phi) is 3.93. The van der Waals surface area contributed by atoms with Gasteiger partial charge in [0, 0.05) is 18.1 Å². The molecule has 0 amide bonds. The topological polar surface area (TPSA) is 34.1 Å². The first-order valence-electron chi connectivity index (χ1n) is 6.68. The van der Waals surface area contributed by atoms with Gasteiger partial charge in [0.05, 0.1) is 23.3 Å². The molecule has 0 aliphatic heterocycles. The van der Waals surface area contributed by atoms with E-state index in [1.165, 1.54) is 5.56 Å². The third kappa shape index (κ3) is 2.93. The van der Waals surface area contributed by atoms with E-state index in [4.69, 9.17) is 16.3 Å². The molecule has 3 aromatic rings. The van der Waals surface area contributed by atoms with E-state index in [0.717, 1.165) is 28.9 Å². The van der Waals surface area contributed by atoms with Crippen LogP contribution in [-0.4, -0.2) is 12.1 Å². The van der Waals surface area contributed by atoms with Crippen LogP contribution in [-0.2, 0) is 6.54 Å². The smallest absolute Gasteiger partial charge is 0.118 e. The molecule has 0 fully saturated rings. The van der Waals surface area contributed by atoms with Gasteiger partial charge < -0.3 is 10.1 Å². The second-order valence-corrected chi connectivity index (χ2v) is 5.10. The van der Waals surface area contributed by atoms with E-state index in [2.05, 4.69) is 10.3 Å². The molecule has 4 heteroatoms. The molecule has 0 saturated carbocycles. The molecule has 3 rings (SSSR count). The highest BCUT2D eigenvalue weighted by molar-refractivity contribution is 6.35. The summed E-state index contributed by atoms with van der Waals surface area (Å²) in [6.45, 7) is 0.720. The Bertz CT molecular complexity index is 756. The quantitative estimate of drug-likeness (QED) is 0.769. The van der Waals surface area contributed by atoms with Crippen molar-refractivity contribution in [2.24, 2.45) is 0 Å². The molecular formula is C17H15ClN2O. The van der Waals surface area contributed by atoms with E-state index in [1.54, 1.807) is 13.3 Å². The molecule has 0 saturated heterocycles. The van der Waals surface area contributed by atoms with Crippen molar-refractivity contribution in [3.05, 3.63) is 65.3 Å². The van der Waals surface area contributed by atoms with Gasteiger partial charge in [-0.05, 0) is 42.0 Å². The molecule has 21 heavy (non-hydrogen) atoms. The minimum absolute atomic E-state index is 0.716. The molecule has 0 aliphatic carbocycles. The van der Waals surface area contributed by atoms with Gasteiger partial charge in [-0.2, -0.15) is 0 Å². The van der Waals surface area contributed by atoms with E-state index >= 15 is 0 Å². The number of nitrogens with zero attached hydrogens (tertiary/aromatic N) is 1. The van der Waals surface area contributed by atoms with E-state index in [9.17, 15) is 0 Å². The van der Waals surface area contributed by atoms with Crippen LogP contribution in [0.3, 0.4) is 0 Å². The lowest BCUT2D eigenvalue weighted by molar-refractivity contribution is 0.414. The number of rotatable bonds is 4. The molecule has 0 spiro atoms. The Hall–Kier alpha value is -2.26. The molecule has 0 radical (unpaired) electrons. The summed E-state index contributed by atoms with van der Waals surface area (Å²) in [7, 11) is 1.67. The van der Waals surface area contributed by atoms with Crippen molar-refractivity contribution in [3.63, 3.8) is 0 Å². The highest BCUT2D eigenvalue weighted by atomic mass is 35.5. The Morgan fingerprint density at radius 2 is 1.90 bits per heavy atom. The number of fused-ring (bicyclic) bond motifs is 1. The number of hydrogen-bond acceptors (Lipinski definition) is 3. The van der Waals surface area contributed by atoms with Crippen molar-refractivity contribution in [1.29, 1.82) is 0 Å². The van der Waals surface area contributed by atoms with Crippen molar-refractivity contribution in [3.8, 4) is 5.75 Å². The third-order valence-electron chi connectivity index (χ3n) is 3.36. The van der Waals surface area contributed by atoms with Crippen molar-refractivity contribution in [2.75, 3.05) is 12.4 Å². The summed E-state index contributed by atoms with van der Waals surface area (Å²) < 4.78 is 5.16. The fourth-order valence-electron chi connectivity index (χ4n) is 2.22. The van der Waals surface area contributed by atoms with Gasteiger partial charge >= 0.3 is 0 Å². The normalized spacial score (nSPS) is 10.6. The second-order valence-electron chi connectivity index (χ2n) is 4.70. The van der Waals surface area contributed by atoms with Gasteiger partial charge in [0.15, 0.2) is 0 Å². The number of methoxy groups -OCH3 is 1. The van der Waals surface area contributed by atoms with Gasteiger partial charge in [-0.3, -0.25) is 4.98 Å². The van der Waals surface area contributed by atoms with Gasteiger partial charge in [0.25, 0.3) is 0 Å². The van der Waals surface area contributed by atoms with Gasteiger partial charge in [-0.15, -0.1) is 0 Å². The molecule has 106 valence electrons. The average molecular weight is 299 g/mol. The van der Waals surface area contributed by atoms with E-state index in [1.807, 2.05) is 48.5 Å². The predicted octanol–water partition coefficient (Wildman–Crippen LogP) is 4.51. The fourth-order valence-corrected chi connectivity index (χ4v) is 2.44. The molecule has 1 heterocycles. The van der Waals surface area contributed by atoms with Crippen LogP contribution in [0.25, 0.3) is 10.9 Å². The summed E-state index contributed by atoms with van der Waals surface area (Å²) in [5, 5.41) is 5.08. The van der Waals surface area contributed by atoms with Crippen molar-refractivity contribution in [1.82, 2.24) is 4.98 Å². The van der Waals surface area contributed by atoms with Crippen LogP contribution in [0.15, 0.2) is 54.7 Å².